The molecule has 0 bridgehead atoms. The molecule has 2 aromatic rings. The van der Waals surface area contributed by atoms with E-state index in [9.17, 15) is 14.4 Å². The predicted octanol–water partition coefficient (Wildman–Crippen LogP) is 2.59. The molecule has 1 fully saturated rings. The number of anilines is 1. The summed E-state index contributed by atoms with van der Waals surface area (Å²) >= 11 is 3.28. The highest BCUT2D eigenvalue weighted by molar-refractivity contribution is 9.10. The van der Waals surface area contributed by atoms with Crippen molar-refractivity contribution in [2.45, 2.75) is 13.0 Å². The van der Waals surface area contributed by atoms with Crippen molar-refractivity contribution in [3.63, 3.8) is 0 Å². The van der Waals surface area contributed by atoms with Crippen molar-refractivity contribution in [3.8, 4) is 0 Å². The quantitative estimate of drug-likeness (QED) is 0.461. The molecule has 0 aromatic heterocycles. The second kappa shape index (κ2) is 7.92. The molecule has 1 aliphatic heterocycles. The number of hydrogen-bond acceptors (Lipinski definition) is 4. The molecule has 1 saturated heterocycles. The number of carbonyl (C=O) groups excluding carboxylic acids is 3. The Balaban J connectivity index is 1.70. The van der Waals surface area contributed by atoms with Gasteiger partial charge in [-0.3, -0.25) is 14.4 Å². The van der Waals surface area contributed by atoms with Crippen LogP contribution >= 0.6 is 15.9 Å². The summed E-state index contributed by atoms with van der Waals surface area (Å²) in [6.07, 6.45) is 0. The van der Waals surface area contributed by atoms with Gasteiger partial charge in [-0.25, -0.2) is 0 Å². The number of benzene rings is 2. The SMILES string of the molecule is C[C@@H]1CN(C(=O)c2ccccc2)CCN1C(=O)C(=O)c1ccc(Br)cc1N. The van der Waals surface area contributed by atoms with E-state index in [1.165, 1.54) is 4.90 Å². The van der Waals surface area contributed by atoms with Crippen LogP contribution in [-0.4, -0.2) is 53.1 Å². The molecule has 3 rings (SSSR count). The predicted molar refractivity (Wildman–Crippen MR) is 106 cm³/mol. The lowest BCUT2D eigenvalue weighted by atomic mass is 10.1. The summed E-state index contributed by atoms with van der Waals surface area (Å²) in [5.74, 6) is -1.30. The lowest BCUT2D eigenvalue weighted by molar-refractivity contribution is -0.130. The van der Waals surface area contributed by atoms with Crippen LogP contribution in [0.1, 0.15) is 27.6 Å². The van der Waals surface area contributed by atoms with E-state index in [-0.39, 0.29) is 23.2 Å². The number of piperazine rings is 1. The second-order valence-corrected chi connectivity index (χ2v) is 7.44. The molecule has 0 unspecified atom stereocenters. The third-order valence-corrected chi connectivity index (χ3v) is 5.14. The monoisotopic (exact) mass is 429 g/mol. The number of hydrogen-bond donors (Lipinski definition) is 1. The molecule has 0 spiro atoms. The molecule has 0 aliphatic carbocycles. The largest absolute Gasteiger partial charge is 0.398 e. The molecule has 0 radical (unpaired) electrons. The molecule has 1 heterocycles. The molecule has 2 N–H and O–H groups in total. The zero-order chi connectivity index (χ0) is 19.6. The minimum absolute atomic E-state index is 0.0713. The Morgan fingerprint density at radius 1 is 1.07 bits per heavy atom. The van der Waals surface area contributed by atoms with Crippen LogP contribution in [-0.2, 0) is 4.79 Å². The van der Waals surface area contributed by atoms with Crippen LogP contribution in [0.2, 0.25) is 0 Å². The van der Waals surface area contributed by atoms with Crippen LogP contribution in [0.25, 0.3) is 0 Å². The average molecular weight is 430 g/mol. The number of nitrogens with two attached hydrogens (primary N) is 1. The van der Waals surface area contributed by atoms with Crippen LogP contribution < -0.4 is 5.73 Å². The number of carbonyl (C=O) groups is 3. The number of halogens is 1. The number of nitrogens with zero attached hydrogens (tertiary/aromatic N) is 2. The fraction of sp³-hybridized carbons (Fsp3) is 0.250. The first kappa shape index (κ1) is 19.1. The number of rotatable bonds is 3. The fourth-order valence-electron chi connectivity index (χ4n) is 3.19. The molecular formula is C20H20BrN3O3. The first-order chi connectivity index (χ1) is 12.9. The zero-order valence-electron chi connectivity index (χ0n) is 14.9. The summed E-state index contributed by atoms with van der Waals surface area (Å²) in [6.45, 7) is 2.90. The Morgan fingerprint density at radius 2 is 1.78 bits per heavy atom. The molecule has 2 amide bonds. The van der Waals surface area contributed by atoms with E-state index >= 15 is 0 Å². The standard InChI is InChI=1S/C20H20BrN3O3/c1-13-12-23(19(26)14-5-3-2-4-6-14)9-10-24(13)20(27)18(25)16-8-7-15(21)11-17(16)22/h2-8,11,13H,9-10,12,22H2,1H3/t13-/m1/s1. The Labute approximate surface area is 166 Å². The minimum Gasteiger partial charge on any atom is -0.398 e. The van der Waals surface area contributed by atoms with Gasteiger partial charge in [-0.1, -0.05) is 34.1 Å². The van der Waals surface area contributed by atoms with Gasteiger partial charge in [-0.2, -0.15) is 0 Å². The smallest absolute Gasteiger partial charge is 0.295 e. The molecule has 2 aromatic carbocycles. The van der Waals surface area contributed by atoms with Gasteiger partial charge in [0.15, 0.2) is 0 Å². The highest BCUT2D eigenvalue weighted by Crippen LogP contribution is 2.21. The first-order valence-electron chi connectivity index (χ1n) is 8.63. The van der Waals surface area contributed by atoms with E-state index in [1.54, 1.807) is 35.2 Å². The Morgan fingerprint density at radius 3 is 2.41 bits per heavy atom. The van der Waals surface area contributed by atoms with Gasteiger partial charge in [0, 0.05) is 41.4 Å². The number of ketones is 1. The van der Waals surface area contributed by atoms with Gasteiger partial charge in [-0.15, -0.1) is 0 Å². The topological polar surface area (TPSA) is 83.7 Å². The summed E-state index contributed by atoms with van der Waals surface area (Å²) in [6, 6.07) is 13.6. The Kier molecular flexibility index (Phi) is 5.60. The van der Waals surface area contributed by atoms with Crippen molar-refractivity contribution in [3.05, 3.63) is 64.1 Å². The maximum atomic E-state index is 12.7. The molecule has 6 nitrogen and oxygen atoms in total. The number of amides is 2. The van der Waals surface area contributed by atoms with Crippen LogP contribution in [0.5, 0.6) is 0 Å². The van der Waals surface area contributed by atoms with Gasteiger partial charge in [0.25, 0.3) is 17.6 Å². The van der Waals surface area contributed by atoms with Crippen LogP contribution in [0.15, 0.2) is 53.0 Å². The molecule has 7 heteroatoms. The van der Waals surface area contributed by atoms with Crippen molar-refractivity contribution >= 4 is 39.2 Å². The maximum absolute atomic E-state index is 12.7. The lowest BCUT2D eigenvalue weighted by Crippen LogP contribution is -2.56. The van der Waals surface area contributed by atoms with Crippen LogP contribution in [0.4, 0.5) is 5.69 Å². The fourth-order valence-corrected chi connectivity index (χ4v) is 3.57. The van der Waals surface area contributed by atoms with Gasteiger partial charge in [0.2, 0.25) is 0 Å². The third-order valence-electron chi connectivity index (χ3n) is 4.65. The van der Waals surface area contributed by atoms with Gasteiger partial charge in [0.1, 0.15) is 0 Å². The van der Waals surface area contributed by atoms with Gasteiger partial charge >= 0.3 is 0 Å². The normalized spacial score (nSPS) is 16.9. The first-order valence-corrected chi connectivity index (χ1v) is 9.42. The van der Waals surface area contributed by atoms with E-state index in [0.29, 0.717) is 25.2 Å². The highest BCUT2D eigenvalue weighted by Gasteiger charge is 2.33. The molecule has 1 aliphatic rings. The summed E-state index contributed by atoms with van der Waals surface area (Å²) in [7, 11) is 0. The molecule has 140 valence electrons. The zero-order valence-corrected chi connectivity index (χ0v) is 16.5. The molecule has 0 saturated carbocycles. The molecule has 1 atom stereocenters. The Bertz CT molecular complexity index is 885. The molecular weight excluding hydrogens is 410 g/mol. The van der Waals surface area contributed by atoms with Crippen molar-refractivity contribution in [2.24, 2.45) is 0 Å². The summed E-state index contributed by atoms with van der Waals surface area (Å²) in [5.41, 5.74) is 6.94. The minimum atomic E-state index is -0.630. The summed E-state index contributed by atoms with van der Waals surface area (Å²) in [4.78, 5) is 41.1. The lowest BCUT2D eigenvalue weighted by Gasteiger charge is -2.39. The third kappa shape index (κ3) is 4.03. The van der Waals surface area contributed by atoms with Crippen molar-refractivity contribution < 1.29 is 14.4 Å². The van der Waals surface area contributed by atoms with Crippen molar-refractivity contribution in [1.29, 1.82) is 0 Å². The second-order valence-electron chi connectivity index (χ2n) is 6.53. The van der Waals surface area contributed by atoms with Crippen molar-refractivity contribution in [1.82, 2.24) is 9.80 Å². The number of Topliss-reactive ketones (excluding diaryl/α,β-unsaturated/α-hetero) is 1. The summed E-state index contributed by atoms with van der Waals surface area (Å²) in [5, 5.41) is 0. The van der Waals surface area contributed by atoms with Gasteiger partial charge < -0.3 is 15.5 Å². The van der Waals surface area contributed by atoms with E-state index in [4.69, 9.17) is 5.73 Å². The average Bonchev–Trinajstić information content (AvgIpc) is 2.67. The van der Waals surface area contributed by atoms with E-state index in [2.05, 4.69) is 15.9 Å². The van der Waals surface area contributed by atoms with E-state index in [0.717, 1.165) is 4.47 Å². The van der Waals surface area contributed by atoms with Crippen LogP contribution in [0.3, 0.4) is 0 Å². The van der Waals surface area contributed by atoms with Crippen LogP contribution in [0, 0.1) is 0 Å². The van der Waals surface area contributed by atoms with Gasteiger partial charge in [0.05, 0.1) is 5.56 Å². The van der Waals surface area contributed by atoms with E-state index < -0.39 is 11.7 Å². The highest BCUT2D eigenvalue weighted by atomic mass is 79.9. The summed E-state index contributed by atoms with van der Waals surface area (Å²) < 4.78 is 0.741. The van der Waals surface area contributed by atoms with Crippen molar-refractivity contribution in [2.75, 3.05) is 25.4 Å². The van der Waals surface area contributed by atoms with E-state index in [1.807, 2.05) is 25.1 Å². The number of nitrogen functional groups attached to an aromatic ring is 1. The molecule has 27 heavy (non-hydrogen) atoms. The maximum Gasteiger partial charge on any atom is 0.295 e. The van der Waals surface area contributed by atoms with Gasteiger partial charge in [-0.05, 0) is 37.3 Å². The Hall–Kier alpha value is -2.67.